The molecule has 0 spiro atoms. The molecule has 47 heteroatoms. The van der Waals surface area contributed by atoms with E-state index in [2.05, 4.69) is 40.2 Å². The fourth-order valence-corrected chi connectivity index (χ4v) is 19.7. The van der Waals surface area contributed by atoms with E-state index in [-0.39, 0.29) is 77.3 Å². The zero-order valence-corrected chi connectivity index (χ0v) is 75.7. The van der Waals surface area contributed by atoms with Crippen molar-refractivity contribution in [1.29, 1.82) is 0 Å². The number of piperazine rings is 3. The van der Waals surface area contributed by atoms with Gasteiger partial charge in [0.15, 0.2) is 0 Å². The molecule has 5 saturated heterocycles. The van der Waals surface area contributed by atoms with Crippen molar-refractivity contribution >= 4 is 109 Å². The number of para-hydroxylation sites is 1. The molecule has 0 saturated carbocycles. The minimum Gasteiger partial charge on any atom is -0.395 e. The van der Waals surface area contributed by atoms with E-state index in [1.54, 1.807) is 85.2 Å². The molecule has 5 aliphatic heterocycles. The van der Waals surface area contributed by atoms with Crippen LogP contribution in [0.2, 0.25) is 5.02 Å². The molecule has 0 radical (unpaired) electrons. The number of halogens is 16. The van der Waals surface area contributed by atoms with Crippen molar-refractivity contribution in [3.63, 3.8) is 0 Å². The number of anilines is 2. The number of rotatable bonds is 14. The van der Waals surface area contributed by atoms with Crippen LogP contribution >= 0.6 is 68.3 Å². The Kier molecular flexibility index (Phi) is 30.8. The normalized spacial score (nSPS) is 16.2. The molecule has 5 fully saturated rings. The number of aliphatic hydroxyl groups excluding tert-OH is 3. The van der Waals surface area contributed by atoms with Crippen LogP contribution in [0.1, 0.15) is 96.1 Å². The smallest absolute Gasteiger partial charge is 0.395 e. The number of aliphatic hydroxyl groups is 3. The molecule has 17 rings (SSSR count). The largest absolute Gasteiger partial charge is 0.433 e. The molecule has 12 aromatic rings. The lowest BCUT2D eigenvalue weighted by Gasteiger charge is -2.36. The van der Waals surface area contributed by atoms with Crippen LogP contribution in [0.15, 0.2) is 146 Å². The first-order chi connectivity index (χ1) is 62.3. The van der Waals surface area contributed by atoms with Gasteiger partial charge >= 0.3 is 30.9 Å². The molecule has 5 aliphatic rings. The fraction of sp³-hybridized carbons (Fsp3) is 0.388. The van der Waals surface area contributed by atoms with Gasteiger partial charge in [0.25, 0.3) is 29.5 Å². The lowest BCUT2D eigenvalue weighted by Crippen LogP contribution is -2.49. The molecule has 2 aromatic carbocycles. The molecular formula is C85H86ClF15N18O8S5. The van der Waals surface area contributed by atoms with Crippen LogP contribution in [0.25, 0.3) is 52.9 Å². The minimum absolute atomic E-state index is 0.0895. The Hall–Kier alpha value is -11.0. The van der Waals surface area contributed by atoms with E-state index >= 15 is 0 Å². The number of aryl methyl sites for hydroxylation is 5. The van der Waals surface area contributed by atoms with Gasteiger partial charge in [0, 0.05) is 163 Å². The molecular weight excluding hydrogens is 1880 g/mol. The van der Waals surface area contributed by atoms with E-state index in [4.69, 9.17) is 16.7 Å². The van der Waals surface area contributed by atoms with E-state index in [1.165, 1.54) is 46.6 Å². The monoisotopic (exact) mass is 1970 g/mol. The van der Waals surface area contributed by atoms with Gasteiger partial charge in [0.2, 0.25) is 0 Å². The van der Waals surface area contributed by atoms with Gasteiger partial charge in [0.1, 0.15) is 56.9 Å². The molecule has 3 N–H and O–H groups in total. The molecule has 0 unspecified atom stereocenters. The second kappa shape index (κ2) is 41.2. The molecule has 1 atom stereocenters. The first-order valence-corrected chi connectivity index (χ1v) is 45.3. The summed E-state index contributed by atoms with van der Waals surface area (Å²) in [6.07, 6.45) is -21.6. The van der Waals surface area contributed by atoms with Crippen LogP contribution in [0.4, 0.5) is 77.2 Å². The Bertz CT molecular complexity index is 5970. The van der Waals surface area contributed by atoms with Crippen LogP contribution in [-0.2, 0) is 66.1 Å². The quantitative estimate of drug-likeness (QED) is 0.0855. The van der Waals surface area contributed by atoms with Crippen molar-refractivity contribution < 1.29 is 105 Å². The van der Waals surface area contributed by atoms with Gasteiger partial charge in [0.05, 0.1) is 67.6 Å². The Balaban J connectivity index is 0.000000141. The number of β-amino-alcohol motifs (C(OH)–C–C–N with tert-alkyl or cyclic N) is 2. The third-order valence-corrected chi connectivity index (χ3v) is 27.7. The maximum atomic E-state index is 13.0. The summed E-state index contributed by atoms with van der Waals surface area (Å²) in [5.74, 6) is -0.721. The number of amides is 5. The first-order valence-electron chi connectivity index (χ1n) is 40.9. The van der Waals surface area contributed by atoms with Gasteiger partial charge in [-0.15, -0.1) is 56.7 Å². The SMILES string of the molecule is Cn1nc(-c2ccc(C(=O)N3CCC(O)CC3)s2)cc1C(F)(F)F.Cn1nc(-c2ccc(C(=O)N3CCN(CCO)CC3)s2)cc1C(F)(F)F.Cn1nc(-c2ccc(C(=O)N3CCN(c4ccc(Cl)cc4)CC3)s2)cc1C(F)(F)F.Cn1nc(-c2ccc(C(=O)N3CCN(c4ccccc4)CC3)s2)cc1C(F)(F)F.Cn1nc(-c2ccc(C(=O)N3CC[C@@H](O)C3)s2)cc1C(F)(F)F. The van der Waals surface area contributed by atoms with Crippen LogP contribution in [0.5, 0.6) is 0 Å². The molecule has 0 bridgehead atoms. The van der Waals surface area contributed by atoms with Crippen LogP contribution in [0.3, 0.4) is 0 Å². The summed E-state index contributed by atoms with van der Waals surface area (Å²) < 4.78 is 198. The molecule has 10 aromatic heterocycles. The van der Waals surface area contributed by atoms with Crippen LogP contribution < -0.4 is 9.80 Å². The molecule has 26 nitrogen and oxygen atoms in total. The van der Waals surface area contributed by atoms with Crippen molar-refractivity contribution in [3.05, 3.63) is 203 Å². The highest BCUT2D eigenvalue weighted by Gasteiger charge is 2.41. The Morgan fingerprint density at radius 1 is 0.333 bits per heavy atom. The number of nitrogens with zero attached hydrogens (tertiary/aromatic N) is 18. The maximum absolute atomic E-state index is 13.0. The number of carbonyl (C=O) groups is 5. The van der Waals surface area contributed by atoms with E-state index in [0.29, 0.717) is 165 Å². The lowest BCUT2D eigenvalue weighted by atomic mass is 10.1. The standard InChI is InChI=1S/C20H18ClF3N4OS.C20H19F3N4OS.C16H19F3N4O2S.C15H16F3N3O2S.C14H14F3N3O2S/c1-26-18(20(22,23)24)12-15(25-26)16-6-7-17(30-16)19(29)28-10-8-27(9-11-28)14-4-2-13(21)3-5-14;1-25-18(20(21,22)23)13-15(24-25)16-7-8-17(29-16)19(28)27-11-9-26(10-12-27)14-5-3-2-4-6-14;1-21-14(16(17,18)19)10-11(20-21)12-2-3-13(26-12)15(25)23-6-4-22(5-7-23)8-9-24;1-20-13(15(16,17)18)8-10(19-20)11-2-3-12(24-11)14(23)21-6-4-9(22)5-7-21;1-19-12(14(15,16)17)6-9(18-19)10-2-3-11(23-10)13(22)20-5-4-8(21)7-20/h2-7,12H,8-11H2,1H3;2-8,13H,9-12H2,1H3;2-3,10,24H,4-9H2,1H3;2-3,8-9,22H,4-7H2,1H3;2-3,6,8,21H,4-5,7H2,1H3/t;;;;8-/m....1/s1. The summed E-state index contributed by atoms with van der Waals surface area (Å²) in [6.45, 7) is 10.1. The number of alkyl halides is 15. The number of piperidine rings is 1. The topological polar surface area (TPSA) is 261 Å². The zero-order valence-electron chi connectivity index (χ0n) is 70.9. The van der Waals surface area contributed by atoms with Crippen LogP contribution in [-0.4, -0.2) is 253 Å². The van der Waals surface area contributed by atoms with E-state index in [9.17, 15) is 100 Å². The predicted molar refractivity (Wildman–Crippen MR) is 469 cm³/mol. The number of benzene rings is 2. The number of hydrogen-bond donors (Lipinski definition) is 3. The summed E-state index contributed by atoms with van der Waals surface area (Å²) in [7, 11) is 6.24. The second-order valence-corrected chi connectivity index (χ2v) is 36.8. The summed E-state index contributed by atoms with van der Waals surface area (Å²) in [4.78, 5) is 83.0. The van der Waals surface area contributed by atoms with Gasteiger partial charge in [-0.25, -0.2) is 0 Å². The summed E-state index contributed by atoms with van der Waals surface area (Å²) in [5, 5.41) is 48.2. The number of aromatic nitrogens is 10. The lowest BCUT2D eigenvalue weighted by molar-refractivity contribution is -0.144. The van der Waals surface area contributed by atoms with Gasteiger partial charge in [-0.3, -0.25) is 52.3 Å². The summed E-state index contributed by atoms with van der Waals surface area (Å²) >= 11 is 11.6. The van der Waals surface area contributed by atoms with Crippen molar-refractivity contribution in [3.8, 4) is 52.9 Å². The number of hydrogen-bond acceptors (Lipinski definition) is 21. The third kappa shape index (κ3) is 24.1. The van der Waals surface area contributed by atoms with E-state index < -0.39 is 65.5 Å². The molecule has 0 aliphatic carbocycles. The highest BCUT2D eigenvalue weighted by atomic mass is 35.5. The summed E-state index contributed by atoms with van der Waals surface area (Å²) in [6, 6.07) is 38.8. The number of thiophene rings is 5. The highest BCUT2D eigenvalue weighted by molar-refractivity contribution is 7.18. The third-order valence-electron chi connectivity index (χ3n) is 21.9. The molecule has 132 heavy (non-hydrogen) atoms. The number of likely N-dealkylation sites (tertiary alicyclic amines) is 2. The Morgan fingerprint density at radius 2 is 0.583 bits per heavy atom. The predicted octanol–water partition coefficient (Wildman–Crippen LogP) is 16.0. The van der Waals surface area contributed by atoms with E-state index in [1.807, 2.05) is 54.6 Å². The molecule has 5 amide bonds. The fourth-order valence-electron chi connectivity index (χ4n) is 14.9. The highest BCUT2D eigenvalue weighted by Crippen LogP contribution is 2.42. The zero-order chi connectivity index (χ0) is 95.2. The van der Waals surface area contributed by atoms with E-state index in [0.717, 1.165) is 124 Å². The maximum Gasteiger partial charge on any atom is 0.433 e. The molecule has 706 valence electrons. The van der Waals surface area contributed by atoms with Gasteiger partial charge in [-0.2, -0.15) is 91.3 Å². The van der Waals surface area contributed by atoms with Crippen molar-refractivity contribution in [2.24, 2.45) is 35.2 Å². The van der Waals surface area contributed by atoms with Gasteiger partial charge in [-0.1, -0.05) is 29.8 Å². The van der Waals surface area contributed by atoms with Crippen LogP contribution in [0, 0.1) is 0 Å². The van der Waals surface area contributed by atoms with Crippen molar-refractivity contribution in [2.45, 2.75) is 62.4 Å². The Labute approximate surface area is 769 Å². The number of carbonyl (C=O) groups excluding carboxylic acids is 5. The average molecular weight is 1970 g/mol. The minimum atomic E-state index is -4.47. The van der Waals surface area contributed by atoms with Crippen molar-refractivity contribution in [1.82, 2.24) is 78.3 Å². The first kappa shape index (κ1) is 98.5. The average Bonchev–Trinajstić information content (AvgIpc) is 1.66. The second-order valence-electron chi connectivity index (χ2n) is 30.9. The van der Waals surface area contributed by atoms with Crippen molar-refractivity contribution in [2.75, 3.05) is 128 Å². The molecule has 15 heterocycles. The Morgan fingerprint density at radius 3 is 0.841 bits per heavy atom. The van der Waals surface area contributed by atoms with Gasteiger partial charge < -0.3 is 49.6 Å². The van der Waals surface area contributed by atoms with Gasteiger partial charge in [-0.05, 0) is 147 Å². The summed E-state index contributed by atoms with van der Waals surface area (Å²) in [5.41, 5.74) is -0.921.